The van der Waals surface area contributed by atoms with Gasteiger partial charge in [0, 0.05) is 32.7 Å². The highest BCUT2D eigenvalue weighted by molar-refractivity contribution is 7.89. The van der Waals surface area contributed by atoms with Crippen molar-refractivity contribution in [2.24, 2.45) is 0 Å². The van der Waals surface area contributed by atoms with E-state index in [1.54, 1.807) is 25.1 Å². The van der Waals surface area contributed by atoms with E-state index < -0.39 is 10.0 Å². The van der Waals surface area contributed by atoms with Gasteiger partial charge in [0.2, 0.25) is 10.0 Å². The standard InChI is InChI=1S/C15H21NO4S/c1-13-7-8-14(6-4-5-10-17)12-15(13)21(18,19)16(2)9-11-20-3/h7-8,12,17H,5,9-11H2,1-3H3. The summed E-state index contributed by atoms with van der Waals surface area (Å²) in [7, 11) is -0.502. The second-order valence-electron chi connectivity index (χ2n) is 4.58. The summed E-state index contributed by atoms with van der Waals surface area (Å²) in [4.78, 5) is 0.247. The van der Waals surface area contributed by atoms with Gasteiger partial charge >= 0.3 is 0 Å². The van der Waals surface area contributed by atoms with Crippen molar-refractivity contribution in [1.29, 1.82) is 0 Å². The summed E-state index contributed by atoms with van der Waals surface area (Å²) in [5, 5.41) is 8.71. The molecule has 21 heavy (non-hydrogen) atoms. The number of rotatable bonds is 6. The van der Waals surface area contributed by atoms with Gasteiger partial charge in [-0.2, -0.15) is 4.31 Å². The van der Waals surface area contributed by atoms with Gasteiger partial charge in [0.1, 0.15) is 0 Å². The Morgan fingerprint density at radius 1 is 1.38 bits per heavy atom. The van der Waals surface area contributed by atoms with Crippen LogP contribution in [0.2, 0.25) is 0 Å². The van der Waals surface area contributed by atoms with Gasteiger partial charge in [0.05, 0.1) is 18.1 Å². The molecule has 0 radical (unpaired) electrons. The molecule has 0 unspecified atom stereocenters. The highest BCUT2D eigenvalue weighted by Gasteiger charge is 2.22. The number of hydrogen-bond acceptors (Lipinski definition) is 4. The summed E-state index contributed by atoms with van der Waals surface area (Å²) in [5.41, 5.74) is 1.29. The molecule has 1 N–H and O–H groups in total. The van der Waals surface area contributed by atoms with E-state index in [4.69, 9.17) is 9.84 Å². The Morgan fingerprint density at radius 2 is 2.10 bits per heavy atom. The summed E-state index contributed by atoms with van der Waals surface area (Å²) in [5.74, 6) is 5.63. The molecule has 0 saturated carbocycles. The van der Waals surface area contributed by atoms with Crippen LogP contribution in [0.25, 0.3) is 0 Å². The third-order valence-electron chi connectivity index (χ3n) is 2.96. The number of methoxy groups -OCH3 is 1. The fraction of sp³-hybridized carbons (Fsp3) is 0.467. The number of nitrogens with zero attached hydrogens (tertiary/aromatic N) is 1. The molecule has 5 nitrogen and oxygen atoms in total. The van der Waals surface area contributed by atoms with E-state index in [1.165, 1.54) is 18.5 Å². The molecule has 0 aliphatic heterocycles. The van der Waals surface area contributed by atoms with Gasteiger partial charge < -0.3 is 9.84 Å². The van der Waals surface area contributed by atoms with Crippen molar-refractivity contribution in [3.8, 4) is 11.8 Å². The van der Waals surface area contributed by atoms with Crippen LogP contribution in [0.5, 0.6) is 0 Å². The summed E-state index contributed by atoms with van der Waals surface area (Å²) in [6.45, 7) is 2.37. The van der Waals surface area contributed by atoms with E-state index in [9.17, 15) is 8.42 Å². The first-order valence-electron chi connectivity index (χ1n) is 6.59. The van der Waals surface area contributed by atoms with Crippen molar-refractivity contribution < 1.29 is 18.3 Å². The van der Waals surface area contributed by atoms with Crippen molar-refractivity contribution >= 4 is 10.0 Å². The second-order valence-corrected chi connectivity index (χ2v) is 6.59. The monoisotopic (exact) mass is 311 g/mol. The molecule has 0 fully saturated rings. The number of sulfonamides is 1. The number of aliphatic hydroxyl groups excluding tert-OH is 1. The molecule has 6 heteroatoms. The van der Waals surface area contributed by atoms with Crippen LogP contribution in [-0.2, 0) is 14.8 Å². The van der Waals surface area contributed by atoms with Crippen LogP contribution in [0, 0.1) is 18.8 Å². The van der Waals surface area contributed by atoms with Gasteiger partial charge in [0.15, 0.2) is 0 Å². The van der Waals surface area contributed by atoms with Gasteiger partial charge in [-0.1, -0.05) is 17.9 Å². The van der Waals surface area contributed by atoms with E-state index in [-0.39, 0.29) is 11.5 Å². The maximum absolute atomic E-state index is 12.5. The van der Waals surface area contributed by atoms with Gasteiger partial charge in [0.25, 0.3) is 0 Å². The van der Waals surface area contributed by atoms with E-state index in [0.29, 0.717) is 30.7 Å². The molecule has 0 heterocycles. The van der Waals surface area contributed by atoms with Gasteiger partial charge in [-0.15, -0.1) is 0 Å². The van der Waals surface area contributed by atoms with Crippen molar-refractivity contribution in [2.75, 3.05) is 33.9 Å². The average molecular weight is 311 g/mol. The Bertz CT molecular complexity index is 629. The fourth-order valence-corrected chi connectivity index (χ4v) is 3.09. The summed E-state index contributed by atoms with van der Waals surface area (Å²) >= 11 is 0. The van der Waals surface area contributed by atoms with Crippen LogP contribution >= 0.6 is 0 Å². The summed E-state index contributed by atoms with van der Waals surface area (Å²) in [6.07, 6.45) is 0.365. The number of aryl methyl sites for hydroxylation is 1. The number of hydrogen-bond donors (Lipinski definition) is 1. The molecular weight excluding hydrogens is 290 g/mol. The van der Waals surface area contributed by atoms with Crippen LogP contribution in [0.15, 0.2) is 23.1 Å². The molecule has 0 spiro atoms. The van der Waals surface area contributed by atoms with Crippen molar-refractivity contribution in [2.45, 2.75) is 18.2 Å². The molecule has 1 rings (SSSR count). The Hall–Kier alpha value is -1.39. The number of likely N-dealkylation sites (N-methyl/N-ethyl adjacent to an activating group) is 1. The second kappa shape index (κ2) is 8.15. The topological polar surface area (TPSA) is 66.8 Å². The lowest BCUT2D eigenvalue weighted by atomic mass is 10.1. The molecule has 0 aromatic heterocycles. The Morgan fingerprint density at radius 3 is 2.71 bits per heavy atom. The number of benzene rings is 1. The molecule has 0 aliphatic rings. The zero-order chi connectivity index (χ0) is 15.9. The minimum absolute atomic E-state index is 0.0101. The Kier molecular flexibility index (Phi) is 6.85. The third kappa shape index (κ3) is 4.83. The first-order valence-corrected chi connectivity index (χ1v) is 8.03. The quantitative estimate of drug-likeness (QED) is 0.796. The third-order valence-corrected chi connectivity index (χ3v) is 4.96. The van der Waals surface area contributed by atoms with Crippen molar-refractivity contribution in [3.05, 3.63) is 29.3 Å². The van der Waals surface area contributed by atoms with Crippen LogP contribution in [-0.4, -0.2) is 51.7 Å². The maximum atomic E-state index is 12.5. The van der Waals surface area contributed by atoms with E-state index in [1.807, 2.05) is 0 Å². The Balaban J connectivity index is 3.11. The SMILES string of the molecule is COCCN(C)S(=O)(=O)c1cc(C#CCCO)ccc1C. The lowest BCUT2D eigenvalue weighted by Gasteiger charge is -2.18. The van der Waals surface area contributed by atoms with Crippen LogP contribution < -0.4 is 0 Å². The van der Waals surface area contributed by atoms with Crippen LogP contribution in [0.3, 0.4) is 0 Å². The molecule has 1 aromatic rings. The summed E-state index contributed by atoms with van der Waals surface area (Å²) in [6, 6.07) is 5.08. The zero-order valence-corrected chi connectivity index (χ0v) is 13.4. The maximum Gasteiger partial charge on any atom is 0.243 e. The lowest BCUT2D eigenvalue weighted by Crippen LogP contribution is -2.30. The lowest BCUT2D eigenvalue weighted by molar-refractivity contribution is 0.185. The molecule has 1 aromatic carbocycles. The molecule has 0 aliphatic carbocycles. The first-order chi connectivity index (χ1) is 9.93. The van der Waals surface area contributed by atoms with Gasteiger partial charge in [-0.25, -0.2) is 8.42 Å². The molecule has 0 saturated heterocycles. The predicted molar refractivity (Wildman–Crippen MR) is 81.5 cm³/mol. The van der Waals surface area contributed by atoms with Crippen LogP contribution in [0.4, 0.5) is 0 Å². The largest absolute Gasteiger partial charge is 0.395 e. The van der Waals surface area contributed by atoms with Gasteiger partial charge in [-0.3, -0.25) is 0 Å². The highest BCUT2D eigenvalue weighted by atomic mass is 32.2. The molecule has 0 amide bonds. The normalized spacial score (nSPS) is 11.3. The smallest absolute Gasteiger partial charge is 0.243 e. The first kappa shape index (κ1) is 17.7. The molecule has 116 valence electrons. The van der Waals surface area contributed by atoms with E-state index in [0.717, 1.165) is 0 Å². The molecule has 0 atom stereocenters. The predicted octanol–water partition coefficient (Wildman–Crippen LogP) is 0.996. The number of aliphatic hydroxyl groups is 1. The summed E-state index contributed by atoms with van der Waals surface area (Å²) < 4.78 is 31.2. The van der Waals surface area contributed by atoms with Crippen molar-refractivity contribution in [3.63, 3.8) is 0 Å². The zero-order valence-electron chi connectivity index (χ0n) is 12.6. The molecule has 0 bridgehead atoms. The highest BCUT2D eigenvalue weighted by Crippen LogP contribution is 2.20. The van der Waals surface area contributed by atoms with Crippen LogP contribution in [0.1, 0.15) is 17.5 Å². The Labute approximate surface area is 126 Å². The minimum Gasteiger partial charge on any atom is -0.395 e. The van der Waals surface area contributed by atoms with Crippen molar-refractivity contribution in [1.82, 2.24) is 4.31 Å². The van der Waals surface area contributed by atoms with Gasteiger partial charge in [-0.05, 0) is 24.6 Å². The molecular formula is C15H21NO4S. The average Bonchev–Trinajstić information content (AvgIpc) is 2.46. The minimum atomic E-state index is -3.56. The van der Waals surface area contributed by atoms with E-state index >= 15 is 0 Å². The fourth-order valence-electron chi connectivity index (χ4n) is 1.68. The van der Waals surface area contributed by atoms with E-state index in [2.05, 4.69) is 11.8 Å². The number of ether oxygens (including phenoxy) is 1.